The lowest BCUT2D eigenvalue weighted by molar-refractivity contribution is -0.120. The van der Waals surface area contributed by atoms with Crippen LogP contribution in [0, 0.1) is 5.92 Å². The molecule has 1 aliphatic carbocycles. The minimum Gasteiger partial charge on any atom is -0.478 e. The molecule has 4 nitrogen and oxygen atoms in total. The quantitative estimate of drug-likeness (QED) is 0.599. The molecule has 1 unspecified atom stereocenters. The smallest absolute Gasteiger partial charge is 0.335 e. The average molecular weight is 406 g/mol. The predicted molar refractivity (Wildman–Crippen MR) is 113 cm³/mol. The summed E-state index contributed by atoms with van der Waals surface area (Å²) in [6.07, 6.45) is 0.805. The molecule has 0 spiro atoms. The number of anilines is 1. The van der Waals surface area contributed by atoms with Crippen molar-refractivity contribution in [3.05, 3.63) is 101 Å². The SMILES string of the molecule is O=C(O)c1cccc(CN(C(=O)C2C[C@H]2c2ccc(Cl)cc2)c2ccccc2)c1. The molecule has 0 aliphatic heterocycles. The highest BCUT2D eigenvalue weighted by Crippen LogP contribution is 2.49. The lowest BCUT2D eigenvalue weighted by atomic mass is 10.1. The zero-order chi connectivity index (χ0) is 20.4. The molecule has 0 heterocycles. The fourth-order valence-corrected chi connectivity index (χ4v) is 3.76. The molecular formula is C24H20ClNO3. The minimum absolute atomic E-state index is 0.0527. The van der Waals surface area contributed by atoms with E-state index in [1.807, 2.05) is 60.7 Å². The van der Waals surface area contributed by atoms with E-state index in [1.165, 1.54) is 0 Å². The molecule has 0 radical (unpaired) electrons. The van der Waals surface area contributed by atoms with Gasteiger partial charge >= 0.3 is 5.97 Å². The Bertz CT molecular complexity index is 1030. The van der Waals surface area contributed by atoms with Crippen molar-refractivity contribution in [2.75, 3.05) is 4.90 Å². The van der Waals surface area contributed by atoms with Gasteiger partial charge in [-0.15, -0.1) is 0 Å². The third-order valence-corrected chi connectivity index (χ3v) is 5.51. The van der Waals surface area contributed by atoms with Crippen molar-refractivity contribution in [2.24, 2.45) is 5.92 Å². The summed E-state index contributed by atoms with van der Waals surface area (Å²) in [5.74, 6) is -0.818. The monoisotopic (exact) mass is 405 g/mol. The first-order chi connectivity index (χ1) is 14.0. The summed E-state index contributed by atoms with van der Waals surface area (Å²) in [6, 6.07) is 23.9. The summed E-state index contributed by atoms with van der Waals surface area (Å²) in [5, 5.41) is 9.94. The predicted octanol–water partition coefficient (Wildman–Crippen LogP) is 5.38. The van der Waals surface area contributed by atoms with Crippen molar-refractivity contribution in [1.29, 1.82) is 0 Å². The second-order valence-corrected chi connectivity index (χ2v) is 7.70. The van der Waals surface area contributed by atoms with Gasteiger partial charge < -0.3 is 10.0 Å². The van der Waals surface area contributed by atoms with Gasteiger partial charge in [0, 0.05) is 16.6 Å². The van der Waals surface area contributed by atoms with Crippen LogP contribution in [0.15, 0.2) is 78.9 Å². The molecule has 1 amide bonds. The van der Waals surface area contributed by atoms with E-state index in [-0.39, 0.29) is 23.3 Å². The number of carboxylic acid groups (broad SMARTS) is 1. The summed E-state index contributed by atoms with van der Waals surface area (Å²) in [5.41, 5.74) is 2.92. The molecule has 1 N–H and O–H groups in total. The average Bonchev–Trinajstić information content (AvgIpc) is 3.54. The van der Waals surface area contributed by atoms with Crippen LogP contribution in [0.3, 0.4) is 0 Å². The van der Waals surface area contributed by atoms with Crippen molar-refractivity contribution in [3.63, 3.8) is 0 Å². The van der Waals surface area contributed by atoms with E-state index in [4.69, 9.17) is 11.6 Å². The van der Waals surface area contributed by atoms with Gasteiger partial charge in [-0.1, -0.05) is 54.1 Å². The van der Waals surface area contributed by atoms with E-state index < -0.39 is 5.97 Å². The highest BCUT2D eigenvalue weighted by Gasteiger charge is 2.46. The van der Waals surface area contributed by atoms with E-state index in [0.29, 0.717) is 11.6 Å². The van der Waals surface area contributed by atoms with Gasteiger partial charge in [0.2, 0.25) is 5.91 Å². The second kappa shape index (κ2) is 8.10. The molecule has 0 saturated heterocycles. The van der Waals surface area contributed by atoms with Crippen molar-refractivity contribution in [1.82, 2.24) is 0 Å². The molecule has 0 bridgehead atoms. The summed E-state index contributed by atoms with van der Waals surface area (Å²) in [6.45, 7) is 0.327. The van der Waals surface area contributed by atoms with Crippen LogP contribution in [-0.4, -0.2) is 17.0 Å². The van der Waals surface area contributed by atoms with E-state index in [9.17, 15) is 14.7 Å². The van der Waals surface area contributed by atoms with Gasteiger partial charge in [0.1, 0.15) is 0 Å². The highest BCUT2D eigenvalue weighted by molar-refractivity contribution is 6.30. The molecule has 5 heteroatoms. The van der Waals surface area contributed by atoms with Crippen molar-refractivity contribution >= 4 is 29.2 Å². The number of benzene rings is 3. The molecule has 29 heavy (non-hydrogen) atoms. The molecule has 0 aromatic heterocycles. The molecular weight excluding hydrogens is 386 g/mol. The third-order valence-electron chi connectivity index (χ3n) is 5.25. The van der Waals surface area contributed by atoms with E-state index >= 15 is 0 Å². The topological polar surface area (TPSA) is 57.6 Å². The number of para-hydroxylation sites is 1. The highest BCUT2D eigenvalue weighted by atomic mass is 35.5. The van der Waals surface area contributed by atoms with Gasteiger partial charge in [0.15, 0.2) is 0 Å². The molecule has 4 rings (SSSR count). The van der Waals surface area contributed by atoms with Crippen molar-refractivity contribution in [3.8, 4) is 0 Å². The molecule has 3 aromatic carbocycles. The van der Waals surface area contributed by atoms with Gasteiger partial charge in [0.25, 0.3) is 0 Å². The van der Waals surface area contributed by atoms with Crippen LogP contribution >= 0.6 is 11.6 Å². The number of aromatic carboxylic acids is 1. The molecule has 1 saturated carbocycles. The molecule has 1 aliphatic rings. The standard InChI is InChI=1S/C24H20ClNO3/c25-19-11-9-17(10-12-19)21-14-22(21)23(27)26(20-7-2-1-3-8-20)15-16-5-4-6-18(13-16)24(28)29/h1-13,21-22H,14-15H2,(H,28,29)/t21-,22?/m0/s1. The first kappa shape index (κ1) is 19.2. The Morgan fingerprint density at radius 1 is 0.966 bits per heavy atom. The summed E-state index contributed by atoms with van der Waals surface area (Å²) in [4.78, 5) is 26.4. The molecule has 146 valence electrons. The van der Waals surface area contributed by atoms with Crippen LogP contribution in [0.4, 0.5) is 5.69 Å². The number of rotatable bonds is 6. The number of nitrogens with zero attached hydrogens (tertiary/aromatic N) is 1. The maximum Gasteiger partial charge on any atom is 0.335 e. The number of hydrogen-bond acceptors (Lipinski definition) is 2. The Morgan fingerprint density at radius 2 is 1.69 bits per heavy atom. The van der Waals surface area contributed by atoms with E-state index in [0.717, 1.165) is 23.2 Å². The fraction of sp³-hybridized carbons (Fsp3) is 0.167. The summed E-state index contributed by atoms with van der Waals surface area (Å²) in [7, 11) is 0. The zero-order valence-corrected chi connectivity index (χ0v) is 16.4. The van der Waals surface area contributed by atoms with Gasteiger partial charge in [-0.3, -0.25) is 4.79 Å². The maximum atomic E-state index is 13.4. The summed E-state index contributed by atoms with van der Waals surface area (Å²) >= 11 is 5.97. The number of amides is 1. The third kappa shape index (κ3) is 4.33. The maximum absolute atomic E-state index is 13.4. The van der Waals surface area contributed by atoms with Crippen LogP contribution in [-0.2, 0) is 11.3 Å². The summed E-state index contributed by atoms with van der Waals surface area (Å²) < 4.78 is 0. The Hall–Kier alpha value is -3.11. The first-order valence-corrected chi connectivity index (χ1v) is 9.85. The number of halogens is 1. The van der Waals surface area contributed by atoms with E-state index in [2.05, 4.69) is 0 Å². The Balaban J connectivity index is 1.58. The normalized spacial score (nSPS) is 17.6. The number of carbonyl (C=O) groups is 2. The fourth-order valence-electron chi connectivity index (χ4n) is 3.64. The zero-order valence-electron chi connectivity index (χ0n) is 15.7. The van der Waals surface area contributed by atoms with Crippen molar-refractivity contribution in [2.45, 2.75) is 18.9 Å². The minimum atomic E-state index is -0.977. The Labute approximate surface area is 174 Å². The van der Waals surface area contributed by atoms with Crippen LogP contribution < -0.4 is 4.90 Å². The van der Waals surface area contributed by atoms with Crippen LogP contribution in [0.1, 0.15) is 33.8 Å². The van der Waals surface area contributed by atoms with Crippen LogP contribution in [0.5, 0.6) is 0 Å². The van der Waals surface area contributed by atoms with Crippen LogP contribution in [0.2, 0.25) is 5.02 Å². The van der Waals surface area contributed by atoms with Gasteiger partial charge in [0.05, 0.1) is 12.1 Å². The van der Waals surface area contributed by atoms with Gasteiger partial charge in [-0.25, -0.2) is 4.79 Å². The van der Waals surface area contributed by atoms with E-state index in [1.54, 1.807) is 23.1 Å². The lowest BCUT2D eigenvalue weighted by Crippen LogP contribution is -2.32. The molecule has 2 atom stereocenters. The molecule has 3 aromatic rings. The van der Waals surface area contributed by atoms with Gasteiger partial charge in [-0.2, -0.15) is 0 Å². The van der Waals surface area contributed by atoms with Crippen molar-refractivity contribution < 1.29 is 14.7 Å². The number of carboxylic acids is 1. The Kier molecular flexibility index (Phi) is 5.36. The number of carbonyl (C=O) groups excluding carboxylic acids is 1. The lowest BCUT2D eigenvalue weighted by Gasteiger charge is -2.23. The van der Waals surface area contributed by atoms with Crippen LogP contribution in [0.25, 0.3) is 0 Å². The van der Waals surface area contributed by atoms with Gasteiger partial charge in [-0.05, 0) is 59.9 Å². The molecule has 1 fully saturated rings. The largest absolute Gasteiger partial charge is 0.478 e. The second-order valence-electron chi connectivity index (χ2n) is 7.27. The Morgan fingerprint density at radius 3 is 2.38 bits per heavy atom. The number of hydrogen-bond donors (Lipinski definition) is 1. The first-order valence-electron chi connectivity index (χ1n) is 9.47.